The Hall–Kier alpha value is -4.00. The van der Waals surface area contributed by atoms with Gasteiger partial charge in [0.15, 0.2) is 0 Å². The molecular weight excluding hydrogens is 444 g/mol. The van der Waals surface area contributed by atoms with Gasteiger partial charge in [-0.2, -0.15) is 0 Å². The highest BCUT2D eigenvalue weighted by Gasteiger charge is 2.18. The van der Waals surface area contributed by atoms with Crippen LogP contribution < -0.4 is 15.7 Å². The Morgan fingerprint density at radius 1 is 1.03 bits per heavy atom. The van der Waals surface area contributed by atoms with Crippen LogP contribution >= 0.6 is 0 Å². The zero-order valence-electron chi connectivity index (χ0n) is 20.3. The average molecular weight is 473 g/mol. The van der Waals surface area contributed by atoms with Crippen LogP contribution in [-0.4, -0.2) is 24.5 Å². The van der Waals surface area contributed by atoms with Crippen molar-refractivity contribution in [3.63, 3.8) is 0 Å². The molecule has 7 nitrogen and oxygen atoms in total. The van der Waals surface area contributed by atoms with E-state index in [9.17, 15) is 9.59 Å². The lowest BCUT2D eigenvalue weighted by Crippen LogP contribution is -2.26. The van der Waals surface area contributed by atoms with E-state index in [1.54, 1.807) is 13.4 Å². The van der Waals surface area contributed by atoms with Crippen LogP contribution in [-0.2, 0) is 17.6 Å². The number of nitrogens with one attached hydrogen (secondary N) is 2. The van der Waals surface area contributed by atoms with Gasteiger partial charge >= 0.3 is 5.63 Å². The first-order chi connectivity index (χ1) is 16.9. The minimum Gasteiger partial charge on any atom is -0.497 e. The van der Waals surface area contributed by atoms with Crippen molar-refractivity contribution in [1.29, 1.82) is 0 Å². The Morgan fingerprint density at radius 3 is 2.66 bits per heavy atom. The van der Waals surface area contributed by atoms with Gasteiger partial charge in [-0.05, 0) is 68.5 Å². The van der Waals surface area contributed by atoms with Crippen LogP contribution in [0.25, 0.3) is 32.8 Å². The summed E-state index contributed by atoms with van der Waals surface area (Å²) in [6, 6.07) is 7.91. The Morgan fingerprint density at radius 2 is 1.86 bits per heavy atom. The zero-order valence-corrected chi connectivity index (χ0v) is 20.3. The molecule has 0 radical (unpaired) electrons. The Bertz CT molecular complexity index is 1640. The molecule has 5 aromatic rings. The number of methoxy groups -OCH3 is 1. The number of benzene rings is 2. The van der Waals surface area contributed by atoms with E-state index in [0.717, 1.165) is 55.3 Å². The molecule has 0 aliphatic carbocycles. The standard InChI is InChI=1S/C28H28N2O5/c1-15-14-34-26-17(3)27-23(12-22(15)26)16(2)20(28(32)35-27)7-8-25(31)29-10-9-18-13-30-24-11-19(33-4)5-6-21(18)24/h5-6,11-14,30H,7-10H2,1-4H3,(H,29,31). The lowest BCUT2D eigenvalue weighted by molar-refractivity contribution is -0.121. The molecule has 0 aliphatic rings. The lowest BCUT2D eigenvalue weighted by atomic mass is 9.98. The van der Waals surface area contributed by atoms with E-state index < -0.39 is 5.63 Å². The number of amides is 1. The first kappa shape index (κ1) is 22.8. The number of aromatic amines is 1. The van der Waals surface area contributed by atoms with Gasteiger partial charge in [-0.15, -0.1) is 0 Å². The summed E-state index contributed by atoms with van der Waals surface area (Å²) < 4.78 is 16.6. The number of H-pyrrole nitrogens is 1. The van der Waals surface area contributed by atoms with Gasteiger partial charge in [-0.3, -0.25) is 4.79 Å². The second kappa shape index (κ2) is 8.98. The summed E-state index contributed by atoms with van der Waals surface area (Å²) in [7, 11) is 1.64. The predicted molar refractivity (Wildman–Crippen MR) is 136 cm³/mol. The monoisotopic (exact) mass is 472 g/mol. The van der Waals surface area contributed by atoms with Gasteiger partial charge in [-0.25, -0.2) is 4.79 Å². The molecule has 2 aromatic carbocycles. The fourth-order valence-corrected chi connectivity index (χ4v) is 4.77. The molecule has 0 saturated heterocycles. The quantitative estimate of drug-likeness (QED) is 0.316. The van der Waals surface area contributed by atoms with Crippen LogP contribution in [0.5, 0.6) is 5.75 Å². The van der Waals surface area contributed by atoms with Gasteiger partial charge < -0.3 is 23.9 Å². The van der Waals surface area contributed by atoms with Crippen molar-refractivity contribution in [2.75, 3.05) is 13.7 Å². The van der Waals surface area contributed by atoms with Crippen molar-refractivity contribution >= 4 is 38.7 Å². The summed E-state index contributed by atoms with van der Waals surface area (Å²) in [5.41, 5.74) is 6.24. The fraction of sp³-hybridized carbons (Fsp3) is 0.286. The number of ether oxygens (including phenoxy) is 1. The summed E-state index contributed by atoms with van der Waals surface area (Å²) in [5, 5.41) is 5.97. The maximum Gasteiger partial charge on any atom is 0.339 e. The Kier molecular flexibility index (Phi) is 5.84. The summed E-state index contributed by atoms with van der Waals surface area (Å²) in [6.45, 7) is 6.32. The number of carbonyl (C=O) groups excluding carboxylic acids is 1. The molecule has 3 heterocycles. The van der Waals surface area contributed by atoms with Crippen LogP contribution in [0, 0.1) is 20.8 Å². The summed E-state index contributed by atoms with van der Waals surface area (Å²) >= 11 is 0. The molecule has 7 heteroatoms. The highest BCUT2D eigenvalue weighted by molar-refractivity contribution is 5.99. The van der Waals surface area contributed by atoms with Crippen molar-refractivity contribution in [1.82, 2.24) is 10.3 Å². The topological polar surface area (TPSA) is 97.5 Å². The van der Waals surface area contributed by atoms with E-state index in [2.05, 4.69) is 10.3 Å². The van der Waals surface area contributed by atoms with Crippen LogP contribution in [0.2, 0.25) is 0 Å². The third-order valence-electron chi connectivity index (χ3n) is 6.83. The molecule has 35 heavy (non-hydrogen) atoms. The number of aryl methyl sites for hydroxylation is 3. The van der Waals surface area contributed by atoms with Gasteiger partial charge in [0.1, 0.15) is 16.9 Å². The van der Waals surface area contributed by atoms with Gasteiger partial charge in [0.05, 0.1) is 13.4 Å². The zero-order chi connectivity index (χ0) is 24.7. The summed E-state index contributed by atoms with van der Waals surface area (Å²) in [5.74, 6) is 0.704. The maximum absolute atomic E-state index is 12.8. The second-order valence-electron chi connectivity index (χ2n) is 8.99. The highest BCUT2D eigenvalue weighted by atomic mass is 16.5. The number of carbonyl (C=O) groups is 1. The normalized spacial score (nSPS) is 11.5. The first-order valence-electron chi connectivity index (χ1n) is 11.7. The number of hydrogen-bond acceptors (Lipinski definition) is 5. The third kappa shape index (κ3) is 4.07. The van der Waals surface area contributed by atoms with Gasteiger partial charge in [0, 0.05) is 58.0 Å². The number of fused-ring (bicyclic) bond motifs is 3. The van der Waals surface area contributed by atoms with E-state index in [-0.39, 0.29) is 12.3 Å². The fourth-order valence-electron chi connectivity index (χ4n) is 4.77. The van der Waals surface area contributed by atoms with E-state index in [1.165, 1.54) is 0 Å². The molecule has 0 bridgehead atoms. The number of rotatable bonds is 7. The Labute approximate surface area is 202 Å². The minimum atomic E-state index is -0.400. The van der Waals surface area contributed by atoms with Gasteiger partial charge in [0.2, 0.25) is 5.91 Å². The first-order valence-corrected chi connectivity index (χ1v) is 11.7. The summed E-state index contributed by atoms with van der Waals surface area (Å²) in [4.78, 5) is 28.5. The van der Waals surface area contributed by atoms with Gasteiger partial charge in [0.25, 0.3) is 0 Å². The van der Waals surface area contributed by atoms with Crippen molar-refractivity contribution in [3.05, 3.63) is 75.0 Å². The molecule has 0 atom stereocenters. The maximum atomic E-state index is 12.8. The van der Waals surface area contributed by atoms with Crippen LogP contribution in [0.15, 0.2) is 50.4 Å². The van der Waals surface area contributed by atoms with Crippen molar-refractivity contribution in [3.8, 4) is 5.75 Å². The van der Waals surface area contributed by atoms with E-state index in [4.69, 9.17) is 13.6 Å². The molecule has 1 amide bonds. The summed E-state index contributed by atoms with van der Waals surface area (Å²) in [6.07, 6.45) is 4.91. The molecule has 2 N–H and O–H groups in total. The molecule has 180 valence electrons. The molecule has 0 saturated carbocycles. The lowest BCUT2D eigenvalue weighted by Gasteiger charge is -2.10. The molecular formula is C28H28N2O5. The van der Waals surface area contributed by atoms with Crippen molar-refractivity contribution in [2.45, 2.75) is 40.0 Å². The van der Waals surface area contributed by atoms with Crippen LogP contribution in [0.4, 0.5) is 0 Å². The molecule has 0 fully saturated rings. The smallest absolute Gasteiger partial charge is 0.339 e. The van der Waals surface area contributed by atoms with Crippen LogP contribution in [0.1, 0.15) is 34.2 Å². The van der Waals surface area contributed by atoms with Crippen LogP contribution in [0.3, 0.4) is 0 Å². The van der Waals surface area contributed by atoms with E-state index in [1.807, 2.05) is 51.2 Å². The number of aromatic nitrogens is 1. The SMILES string of the molecule is COc1ccc2c(CCNC(=O)CCc3c(C)c4cc5c(C)coc5c(C)c4oc3=O)c[nH]c2c1. The molecule has 0 spiro atoms. The third-order valence-corrected chi connectivity index (χ3v) is 6.83. The Balaban J connectivity index is 1.27. The van der Waals surface area contributed by atoms with E-state index in [0.29, 0.717) is 30.5 Å². The van der Waals surface area contributed by atoms with Crippen molar-refractivity contribution in [2.24, 2.45) is 0 Å². The predicted octanol–water partition coefficient (Wildman–Crippen LogP) is 5.25. The molecule has 0 unspecified atom stereocenters. The van der Waals surface area contributed by atoms with E-state index >= 15 is 0 Å². The van der Waals surface area contributed by atoms with Crippen molar-refractivity contribution < 1.29 is 18.4 Å². The molecule has 3 aromatic heterocycles. The largest absolute Gasteiger partial charge is 0.497 e. The number of hydrogen-bond donors (Lipinski definition) is 2. The second-order valence-corrected chi connectivity index (χ2v) is 8.99. The highest BCUT2D eigenvalue weighted by Crippen LogP contribution is 2.32. The number of furan rings is 1. The minimum absolute atomic E-state index is 0.0947. The van der Waals surface area contributed by atoms with Gasteiger partial charge in [-0.1, -0.05) is 0 Å². The average Bonchev–Trinajstić information content (AvgIpc) is 3.43. The molecule has 5 rings (SSSR count). The molecule has 0 aliphatic heterocycles.